The summed E-state index contributed by atoms with van der Waals surface area (Å²) in [6.07, 6.45) is 4.21. The molecule has 1 aromatic rings. The average molecular weight is 164 g/mol. The molecule has 0 aliphatic heterocycles. The quantitative estimate of drug-likeness (QED) is 0.704. The summed E-state index contributed by atoms with van der Waals surface area (Å²) in [7, 11) is 0. The van der Waals surface area contributed by atoms with Crippen LogP contribution in [0.5, 0.6) is 0 Å². The molecular formula is C9H12N2O. The van der Waals surface area contributed by atoms with Crippen molar-refractivity contribution in [2.75, 3.05) is 5.32 Å². The van der Waals surface area contributed by atoms with E-state index in [1.807, 2.05) is 12.1 Å². The first kappa shape index (κ1) is 7.55. The van der Waals surface area contributed by atoms with Gasteiger partial charge in [-0.05, 0) is 24.5 Å². The normalized spacial score (nSPS) is 16.1. The Balaban J connectivity index is 2.02. The van der Waals surface area contributed by atoms with Gasteiger partial charge in [0.2, 0.25) is 0 Å². The summed E-state index contributed by atoms with van der Waals surface area (Å²) in [5, 5.41) is 12.0. The Hall–Kier alpha value is -1.09. The van der Waals surface area contributed by atoms with Crippen LogP contribution in [0.25, 0.3) is 0 Å². The Kier molecular flexibility index (Phi) is 1.96. The maximum absolute atomic E-state index is 8.76. The van der Waals surface area contributed by atoms with Crippen molar-refractivity contribution in [1.29, 1.82) is 0 Å². The monoisotopic (exact) mass is 164 g/mol. The van der Waals surface area contributed by atoms with Crippen molar-refractivity contribution in [1.82, 2.24) is 4.98 Å². The Morgan fingerprint density at radius 3 is 2.83 bits per heavy atom. The molecule has 0 unspecified atom stereocenters. The van der Waals surface area contributed by atoms with Crippen LogP contribution in [0.3, 0.4) is 0 Å². The minimum absolute atomic E-state index is 0.0662. The lowest BCUT2D eigenvalue weighted by Crippen LogP contribution is -2.02. The second-order valence-corrected chi connectivity index (χ2v) is 3.13. The molecule has 0 aromatic carbocycles. The second-order valence-electron chi connectivity index (χ2n) is 3.13. The maximum Gasteiger partial charge on any atom is 0.126 e. The van der Waals surface area contributed by atoms with Crippen molar-refractivity contribution in [2.24, 2.45) is 0 Å². The van der Waals surface area contributed by atoms with Crippen LogP contribution in [-0.2, 0) is 6.61 Å². The van der Waals surface area contributed by atoms with E-state index in [9.17, 15) is 0 Å². The van der Waals surface area contributed by atoms with Gasteiger partial charge in [0, 0.05) is 12.2 Å². The fraction of sp³-hybridized carbons (Fsp3) is 0.444. The highest BCUT2D eigenvalue weighted by molar-refractivity contribution is 5.37. The Morgan fingerprint density at radius 1 is 1.50 bits per heavy atom. The molecule has 1 aliphatic carbocycles. The first-order valence-corrected chi connectivity index (χ1v) is 4.21. The van der Waals surface area contributed by atoms with E-state index >= 15 is 0 Å². The minimum Gasteiger partial charge on any atom is -0.392 e. The van der Waals surface area contributed by atoms with Crippen LogP contribution < -0.4 is 5.32 Å². The zero-order valence-corrected chi connectivity index (χ0v) is 6.83. The predicted octanol–water partition coefficient (Wildman–Crippen LogP) is 1.15. The van der Waals surface area contributed by atoms with Crippen LogP contribution in [0.1, 0.15) is 18.4 Å². The lowest BCUT2D eigenvalue weighted by molar-refractivity contribution is 0.281. The van der Waals surface area contributed by atoms with Crippen LogP contribution in [0.4, 0.5) is 5.82 Å². The number of hydrogen-bond acceptors (Lipinski definition) is 3. The molecule has 2 rings (SSSR count). The third-order valence-corrected chi connectivity index (χ3v) is 1.94. The van der Waals surface area contributed by atoms with Crippen LogP contribution in [-0.4, -0.2) is 16.1 Å². The number of hydrogen-bond donors (Lipinski definition) is 2. The molecule has 1 aromatic heterocycles. The van der Waals surface area contributed by atoms with Crippen molar-refractivity contribution in [3.8, 4) is 0 Å². The number of nitrogens with zero attached hydrogens (tertiary/aromatic N) is 1. The molecule has 1 aliphatic rings. The van der Waals surface area contributed by atoms with E-state index in [-0.39, 0.29) is 6.61 Å². The first-order valence-electron chi connectivity index (χ1n) is 4.21. The smallest absolute Gasteiger partial charge is 0.126 e. The molecule has 64 valence electrons. The van der Waals surface area contributed by atoms with Crippen LogP contribution >= 0.6 is 0 Å². The topological polar surface area (TPSA) is 45.1 Å². The molecule has 1 saturated carbocycles. The number of pyridine rings is 1. The van der Waals surface area contributed by atoms with Gasteiger partial charge in [-0.1, -0.05) is 6.07 Å². The van der Waals surface area contributed by atoms with Crippen molar-refractivity contribution in [3.05, 3.63) is 23.9 Å². The minimum atomic E-state index is 0.0662. The number of rotatable bonds is 3. The van der Waals surface area contributed by atoms with Gasteiger partial charge in [-0.25, -0.2) is 4.98 Å². The molecule has 0 amide bonds. The molecule has 0 radical (unpaired) electrons. The molecule has 0 bridgehead atoms. The zero-order valence-electron chi connectivity index (χ0n) is 6.83. The maximum atomic E-state index is 8.76. The Bertz CT molecular complexity index is 254. The lowest BCUT2D eigenvalue weighted by atomic mass is 10.3. The summed E-state index contributed by atoms with van der Waals surface area (Å²) in [6.45, 7) is 0.0662. The Morgan fingerprint density at radius 2 is 2.33 bits per heavy atom. The van der Waals surface area contributed by atoms with Gasteiger partial charge in [-0.15, -0.1) is 0 Å². The second kappa shape index (κ2) is 3.11. The molecule has 3 nitrogen and oxygen atoms in total. The van der Waals surface area contributed by atoms with Crippen molar-refractivity contribution in [2.45, 2.75) is 25.5 Å². The lowest BCUT2D eigenvalue weighted by Gasteiger charge is -2.02. The third-order valence-electron chi connectivity index (χ3n) is 1.94. The summed E-state index contributed by atoms with van der Waals surface area (Å²) in [5.41, 5.74) is 0.858. The number of aliphatic hydroxyl groups excluding tert-OH is 1. The highest BCUT2D eigenvalue weighted by Gasteiger charge is 2.20. The molecular weight excluding hydrogens is 152 g/mol. The van der Waals surface area contributed by atoms with Gasteiger partial charge in [0.1, 0.15) is 5.82 Å². The molecule has 0 spiro atoms. The van der Waals surface area contributed by atoms with E-state index in [0.29, 0.717) is 6.04 Å². The molecule has 3 heteroatoms. The molecule has 0 saturated heterocycles. The van der Waals surface area contributed by atoms with E-state index < -0.39 is 0 Å². The van der Waals surface area contributed by atoms with Gasteiger partial charge < -0.3 is 10.4 Å². The standard InChI is InChI=1S/C9H12N2O/c12-6-7-1-4-9(10-5-7)11-8-2-3-8/h1,4-5,8,12H,2-3,6H2,(H,10,11). The summed E-state index contributed by atoms with van der Waals surface area (Å²) in [5.74, 6) is 0.912. The van der Waals surface area contributed by atoms with E-state index in [2.05, 4.69) is 10.3 Å². The number of nitrogens with one attached hydrogen (secondary N) is 1. The zero-order chi connectivity index (χ0) is 8.39. The van der Waals surface area contributed by atoms with Gasteiger partial charge in [0.25, 0.3) is 0 Å². The highest BCUT2D eigenvalue weighted by atomic mass is 16.3. The Labute approximate surface area is 71.4 Å². The van der Waals surface area contributed by atoms with Gasteiger partial charge >= 0.3 is 0 Å². The van der Waals surface area contributed by atoms with Crippen LogP contribution in [0.15, 0.2) is 18.3 Å². The van der Waals surface area contributed by atoms with E-state index in [1.165, 1.54) is 12.8 Å². The van der Waals surface area contributed by atoms with Crippen LogP contribution in [0, 0.1) is 0 Å². The fourth-order valence-electron chi connectivity index (χ4n) is 1.04. The summed E-state index contributed by atoms with van der Waals surface area (Å²) in [6, 6.07) is 4.43. The van der Waals surface area contributed by atoms with Crippen molar-refractivity contribution in [3.63, 3.8) is 0 Å². The third kappa shape index (κ3) is 1.74. The summed E-state index contributed by atoms with van der Waals surface area (Å²) >= 11 is 0. The predicted molar refractivity (Wildman–Crippen MR) is 46.8 cm³/mol. The van der Waals surface area contributed by atoms with E-state index in [1.54, 1.807) is 6.20 Å². The number of aliphatic hydroxyl groups is 1. The molecule has 2 N–H and O–H groups in total. The average Bonchev–Trinajstić information content (AvgIpc) is 2.90. The molecule has 0 atom stereocenters. The SMILES string of the molecule is OCc1ccc(NC2CC2)nc1. The molecule has 1 heterocycles. The highest BCUT2D eigenvalue weighted by Crippen LogP contribution is 2.23. The summed E-state index contributed by atoms with van der Waals surface area (Å²) in [4.78, 5) is 4.16. The summed E-state index contributed by atoms with van der Waals surface area (Å²) < 4.78 is 0. The van der Waals surface area contributed by atoms with Crippen molar-refractivity contribution >= 4 is 5.82 Å². The molecule has 1 fully saturated rings. The van der Waals surface area contributed by atoms with Gasteiger partial charge in [0.15, 0.2) is 0 Å². The molecule has 12 heavy (non-hydrogen) atoms. The van der Waals surface area contributed by atoms with Crippen molar-refractivity contribution < 1.29 is 5.11 Å². The first-order chi connectivity index (χ1) is 5.88. The van der Waals surface area contributed by atoms with Gasteiger partial charge in [-0.3, -0.25) is 0 Å². The van der Waals surface area contributed by atoms with E-state index in [4.69, 9.17) is 5.11 Å². The van der Waals surface area contributed by atoms with E-state index in [0.717, 1.165) is 11.4 Å². The number of anilines is 1. The largest absolute Gasteiger partial charge is 0.392 e. The van der Waals surface area contributed by atoms with Gasteiger partial charge in [0.05, 0.1) is 6.61 Å². The van der Waals surface area contributed by atoms with Gasteiger partial charge in [-0.2, -0.15) is 0 Å². The van der Waals surface area contributed by atoms with Crippen LogP contribution in [0.2, 0.25) is 0 Å². The number of aromatic nitrogens is 1. The fourth-order valence-corrected chi connectivity index (χ4v) is 1.04.